The minimum atomic E-state index is 0.343. The second-order valence-electron chi connectivity index (χ2n) is 3.30. The third-order valence-electron chi connectivity index (χ3n) is 2.37. The molecule has 2 aliphatic rings. The summed E-state index contributed by atoms with van der Waals surface area (Å²) in [5.74, 6) is 4.19. The summed E-state index contributed by atoms with van der Waals surface area (Å²) in [7, 11) is 0. The highest BCUT2D eigenvalue weighted by molar-refractivity contribution is 9.10. The van der Waals surface area contributed by atoms with Gasteiger partial charge >= 0.3 is 0 Å². The van der Waals surface area contributed by atoms with Crippen molar-refractivity contribution >= 4 is 39.5 Å². The Balaban J connectivity index is 2.00. The molecule has 0 aromatic heterocycles. The molecule has 1 aromatic carbocycles. The van der Waals surface area contributed by atoms with E-state index >= 15 is 0 Å². The molecular formula is C10H9BrO2S2. The van der Waals surface area contributed by atoms with Crippen LogP contribution < -0.4 is 9.47 Å². The summed E-state index contributed by atoms with van der Waals surface area (Å²) in [6.45, 7) is 0.343. The highest BCUT2D eigenvalue weighted by atomic mass is 79.9. The first-order valence-electron chi connectivity index (χ1n) is 4.67. The Morgan fingerprint density at radius 1 is 1.13 bits per heavy atom. The van der Waals surface area contributed by atoms with Gasteiger partial charge in [-0.3, -0.25) is 0 Å². The molecule has 0 unspecified atom stereocenters. The predicted molar refractivity (Wildman–Crippen MR) is 67.9 cm³/mol. The molecule has 1 aromatic rings. The molecule has 0 N–H and O–H groups in total. The van der Waals surface area contributed by atoms with Gasteiger partial charge in [0.1, 0.15) is 0 Å². The molecular weight excluding hydrogens is 296 g/mol. The van der Waals surface area contributed by atoms with Crippen LogP contribution in [0.5, 0.6) is 11.5 Å². The quantitative estimate of drug-likeness (QED) is 0.788. The summed E-state index contributed by atoms with van der Waals surface area (Å²) in [6.07, 6.45) is 0. The molecule has 2 aliphatic heterocycles. The fourth-order valence-electron chi connectivity index (χ4n) is 1.65. The molecule has 1 saturated heterocycles. The van der Waals surface area contributed by atoms with Gasteiger partial charge in [-0.1, -0.05) is 15.9 Å². The number of hydrogen-bond acceptors (Lipinski definition) is 4. The molecule has 0 radical (unpaired) electrons. The van der Waals surface area contributed by atoms with Crippen LogP contribution in [0.4, 0.5) is 0 Å². The summed E-state index contributed by atoms with van der Waals surface area (Å²) in [5.41, 5.74) is 1.31. The van der Waals surface area contributed by atoms with Crippen molar-refractivity contribution in [3.63, 3.8) is 0 Å². The van der Waals surface area contributed by atoms with Gasteiger partial charge in [0.05, 0.1) is 4.58 Å². The highest BCUT2D eigenvalue weighted by Gasteiger charge is 2.24. The molecule has 0 bridgehead atoms. The molecule has 1 fully saturated rings. The van der Waals surface area contributed by atoms with Crippen molar-refractivity contribution in [1.82, 2.24) is 0 Å². The van der Waals surface area contributed by atoms with Gasteiger partial charge in [-0.25, -0.2) is 0 Å². The van der Waals surface area contributed by atoms with Gasteiger partial charge in [0.25, 0.3) is 0 Å². The Morgan fingerprint density at radius 2 is 1.80 bits per heavy atom. The number of ether oxygens (including phenoxy) is 2. The van der Waals surface area contributed by atoms with Crippen molar-refractivity contribution < 1.29 is 9.47 Å². The molecule has 15 heavy (non-hydrogen) atoms. The van der Waals surface area contributed by atoms with Crippen LogP contribution in [0.1, 0.15) is 10.1 Å². The average Bonchev–Trinajstić information content (AvgIpc) is 2.85. The summed E-state index contributed by atoms with van der Waals surface area (Å²) in [6, 6.07) is 4.11. The standard InChI is InChI=1S/C10H9BrO2S2/c11-7-4-9-8(12-5-13-9)3-6(7)10-14-1-2-15-10/h3-4,10H,1-2,5H2. The topological polar surface area (TPSA) is 18.5 Å². The molecule has 2 heterocycles. The van der Waals surface area contributed by atoms with Gasteiger partial charge < -0.3 is 9.47 Å². The van der Waals surface area contributed by atoms with Crippen molar-refractivity contribution in [3.05, 3.63) is 22.2 Å². The second kappa shape index (κ2) is 4.11. The summed E-state index contributed by atoms with van der Waals surface area (Å²) in [4.78, 5) is 0. The molecule has 3 rings (SSSR count). The first-order valence-corrected chi connectivity index (χ1v) is 7.56. The van der Waals surface area contributed by atoms with Crippen molar-refractivity contribution in [2.24, 2.45) is 0 Å². The molecule has 0 amide bonds. The van der Waals surface area contributed by atoms with Crippen LogP contribution in [-0.2, 0) is 0 Å². The first-order chi connectivity index (χ1) is 7.34. The Hall–Kier alpha value is -0.000000000000000111. The van der Waals surface area contributed by atoms with E-state index in [0.717, 1.165) is 16.0 Å². The normalized spacial score (nSPS) is 19.8. The number of fused-ring (bicyclic) bond motifs is 1. The van der Waals surface area contributed by atoms with Gasteiger partial charge in [0.2, 0.25) is 6.79 Å². The van der Waals surface area contributed by atoms with Gasteiger partial charge in [0.15, 0.2) is 11.5 Å². The maximum Gasteiger partial charge on any atom is 0.231 e. The van der Waals surface area contributed by atoms with Gasteiger partial charge in [0, 0.05) is 16.0 Å². The maximum absolute atomic E-state index is 5.39. The van der Waals surface area contributed by atoms with Crippen LogP contribution in [0.25, 0.3) is 0 Å². The average molecular weight is 305 g/mol. The number of halogens is 1. The van der Waals surface area contributed by atoms with Crippen LogP contribution >= 0.6 is 39.5 Å². The van der Waals surface area contributed by atoms with E-state index in [-0.39, 0.29) is 0 Å². The number of rotatable bonds is 1. The maximum atomic E-state index is 5.39. The van der Waals surface area contributed by atoms with E-state index in [1.807, 2.05) is 29.6 Å². The van der Waals surface area contributed by atoms with Crippen molar-refractivity contribution in [3.8, 4) is 11.5 Å². The molecule has 0 spiro atoms. The SMILES string of the molecule is Brc1cc2c(cc1C1SCCS1)OCO2. The van der Waals surface area contributed by atoms with E-state index in [0.29, 0.717) is 11.4 Å². The first kappa shape index (κ1) is 10.2. The lowest BCUT2D eigenvalue weighted by Crippen LogP contribution is -1.93. The summed E-state index contributed by atoms with van der Waals surface area (Å²) >= 11 is 7.58. The molecule has 0 saturated carbocycles. The van der Waals surface area contributed by atoms with E-state index in [1.54, 1.807) is 0 Å². The predicted octanol–water partition coefficient (Wildman–Crippen LogP) is 3.66. The fraction of sp³-hybridized carbons (Fsp3) is 0.400. The van der Waals surface area contributed by atoms with Crippen LogP contribution in [0, 0.1) is 0 Å². The second-order valence-corrected chi connectivity index (χ2v) is 6.88. The molecule has 0 aliphatic carbocycles. The molecule has 2 nitrogen and oxygen atoms in total. The Morgan fingerprint density at radius 3 is 2.53 bits per heavy atom. The fourth-order valence-corrected chi connectivity index (χ4v) is 5.42. The highest BCUT2D eigenvalue weighted by Crippen LogP contribution is 2.50. The summed E-state index contributed by atoms with van der Waals surface area (Å²) in [5, 5.41) is 0. The van der Waals surface area contributed by atoms with Crippen LogP contribution in [0.3, 0.4) is 0 Å². The van der Waals surface area contributed by atoms with E-state index in [1.165, 1.54) is 17.1 Å². The molecule has 80 valence electrons. The van der Waals surface area contributed by atoms with Gasteiger partial charge in [-0.15, -0.1) is 23.5 Å². The number of hydrogen-bond donors (Lipinski definition) is 0. The van der Waals surface area contributed by atoms with Crippen molar-refractivity contribution in [2.45, 2.75) is 4.58 Å². The zero-order chi connectivity index (χ0) is 10.3. The van der Waals surface area contributed by atoms with Crippen molar-refractivity contribution in [1.29, 1.82) is 0 Å². The molecule has 0 atom stereocenters. The van der Waals surface area contributed by atoms with E-state index < -0.39 is 0 Å². The number of thioether (sulfide) groups is 2. The van der Waals surface area contributed by atoms with Crippen molar-refractivity contribution in [2.75, 3.05) is 18.3 Å². The lowest BCUT2D eigenvalue weighted by atomic mass is 10.2. The lowest BCUT2D eigenvalue weighted by Gasteiger charge is -2.11. The lowest BCUT2D eigenvalue weighted by molar-refractivity contribution is 0.174. The van der Waals surface area contributed by atoms with Crippen LogP contribution in [0.15, 0.2) is 16.6 Å². The Kier molecular flexibility index (Phi) is 2.79. The van der Waals surface area contributed by atoms with Gasteiger partial charge in [-0.05, 0) is 17.7 Å². The minimum Gasteiger partial charge on any atom is -0.454 e. The third kappa shape index (κ3) is 1.85. The summed E-state index contributed by atoms with van der Waals surface area (Å²) < 4.78 is 12.4. The smallest absolute Gasteiger partial charge is 0.231 e. The zero-order valence-corrected chi connectivity index (χ0v) is 11.1. The minimum absolute atomic E-state index is 0.343. The Bertz CT molecular complexity index is 391. The van der Waals surface area contributed by atoms with Gasteiger partial charge in [-0.2, -0.15) is 0 Å². The third-order valence-corrected chi connectivity index (χ3v) is 6.12. The number of benzene rings is 1. The van der Waals surface area contributed by atoms with E-state index in [2.05, 4.69) is 22.0 Å². The van der Waals surface area contributed by atoms with Crippen LogP contribution in [-0.4, -0.2) is 18.3 Å². The Labute approximate surface area is 105 Å². The van der Waals surface area contributed by atoms with E-state index in [9.17, 15) is 0 Å². The zero-order valence-electron chi connectivity index (χ0n) is 7.86. The van der Waals surface area contributed by atoms with Crippen LogP contribution in [0.2, 0.25) is 0 Å². The molecule has 5 heteroatoms. The monoisotopic (exact) mass is 304 g/mol. The largest absolute Gasteiger partial charge is 0.454 e. The van der Waals surface area contributed by atoms with E-state index in [4.69, 9.17) is 9.47 Å².